The van der Waals surface area contributed by atoms with Crippen LogP contribution in [0.15, 0.2) is 146 Å². The van der Waals surface area contributed by atoms with Crippen LogP contribution in [0.3, 0.4) is 0 Å². The topological polar surface area (TPSA) is 83.5 Å². The lowest BCUT2D eigenvalue weighted by molar-refractivity contribution is -0.271. The Kier molecular flexibility index (Phi) is 10.8. The molecule has 0 saturated carbocycles. The molecule has 5 atom stereocenters. The van der Waals surface area contributed by atoms with E-state index in [1.54, 1.807) is 24.3 Å². The maximum atomic E-state index is 13.8. The molecule has 2 aliphatic heterocycles. The Bertz CT molecular complexity index is 1840. The van der Waals surface area contributed by atoms with Crippen LogP contribution in [0.5, 0.6) is 0 Å². The summed E-state index contributed by atoms with van der Waals surface area (Å²) in [6, 6.07) is 46.4. The van der Waals surface area contributed by atoms with Crippen LogP contribution in [0.1, 0.15) is 32.6 Å². The largest absolute Gasteiger partial charge is 0.374 e. The standard InChI is InChI=1S/C42H39NO7/c44-37-34-23-13-14-24-35(34)43(41(37)45)42-40(49-28-33-21-11-4-12-22-33)39(48-27-32-19-9-3-10-20-32)38(47-26-31-17-7-2-8-18-31)36(50-42)29-46-25-30-15-5-1-6-16-30/h1-24,36,38-40,42H,25-29H2/t36-,38-,39+,40-,42-/m1/s1. The smallest absolute Gasteiger partial charge is 0.301 e. The highest BCUT2D eigenvalue weighted by atomic mass is 16.6. The third-order valence-corrected chi connectivity index (χ3v) is 8.93. The Morgan fingerprint density at radius 3 is 1.48 bits per heavy atom. The van der Waals surface area contributed by atoms with Gasteiger partial charge in [0.25, 0.3) is 5.78 Å². The molecular formula is C42H39NO7. The van der Waals surface area contributed by atoms with Gasteiger partial charge in [-0.2, -0.15) is 0 Å². The quantitative estimate of drug-likeness (QED) is 0.119. The van der Waals surface area contributed by atoms with Gasteiger partial charge in [-0.05, 0) is 34.4 Å². The summed E-state index contributed by atoms with van der Waals surface area (Å²) in [7, 11) is 0. The van der Waals surface area contributed by atoms with Crippen LogP contribution in [-0.4, -0.2) is 48.9 Å². The molecule has 7 rings (SSSR count). The van der Waals surface area contributed by atoms with Crippen molar-refractivity contribution in [2.24, 2.45) is 0 Å². The first-order valence-electron chi connectivity index (χ1n) is 16.9. The predicted octanol–water partition coefficient (Wildman–Crippen LogP) is 6.91. The van der Waals surface area contributed by atoms with Crippen LogP contribution in [0.25, 0.3) is 0 Å². The van der Waals surface area contributed by atoms with E-state index in [1.165, 1.54) is 4.90 Å². The number of carbonyl (C=O) groups excluding carboxylic acids is 2. The van der Waals surface area contributed by atoms with Crippen LogP contribution in [0.4, 0.5) is 5.69 Å². The second kappa shape index (κ2) is 16.2. The monoisotopic (exact) mass is 669 g/mol. The Morgan fingerprint density at radius 2 is 0.940 bits per heavy atom. The van der Waals surface area contributed by atoms with Crippen molar-refractivity contribution in [2.45, 2.75) is 57.1 Å². The lowest BCUT2D eigenvalue weighted by Crippen LogP contribution is -2.66. The molecule has 0 N–H and O–H groups in total. The Morgan fingerprint density at radius 1 is 0.500 bits per heavy atom. The average Bonchev–Trinajstić information content (AvgIpc) is 3.42. The molecule has 1 saturated heterocycles. The molecule has 2 aliphatic rings. The molecule has 1 fully saturated rings. The summed E-state index contributed by atoms with van der Waals surface area (Å²) in [6.07, 6.45) is -3.98. The van der Waals surface area contributed by atoms with Gasteiger partial charge in [-0.25, -0.2) is 0 Å². The molecule has 8 nitrogen and oxygen atoms in total. The first-order valence-corrected chi connectivity index (χ1v) is 16.9. The van der Waals surface area contributed by atoms with Crippen molar-refractivity contribution in [1.29, 1.82) is 0 Å². The highest BCUT2D eigenvalue weighted by molar-refractivity contribution is 6.52. The zero-order valence-electron chi connectivity index (χ0n) is 27.6. The minimum atomic E-state index is -1.03. The van der Waals surface area contributed by atoms with Crippen molar-refractivity contribution in [1.82, 2.24) is 0 Å². The number of hydrogen-bond donors (Lipinski definition) is 0. The molecule has 1 amide bonds. The van der Waals surface area contributed by atoms with Crippen LogP contribution in [0.2, 0.25) is 0 Å². The summed E-state index contributed by atoms with van der Waals surface area (Å²) < 4.78 is 33.4. The van der Waals surface area contributed by atoms with Crippen molar-refractivity contribution in [3.8, 4) is 0 Å². The third-order valence-electron chi connectivity index (χ3n) is 8.93. The molecule has 8 heteroatoms. The van der Waals surface area contributed by atoms with E-state index in [2.05, 4.69) is 0 Å². The predicted molar refractivity (Wildman–Crippen MR) is 188 cm³/mol. The Hall–Kier alpha value is -4.96. The van der Waals surface area contributed by atoms with Crippen molar-refractivity contribution < 1.29 is 33.3 Å². The van der Waals surface area contributed by atoms with Gasteiger partial charge in [0.05, 0.1) is 44.3 Å². The zero-order valence-corrected chi connectivity index (χ0v) is 27.6. The maximum absolute atomic E-state index is 13.8. The first-order chi connectivity index (χ1) is 24.7. The average molecular weight is 670 g/mol. The molecule has 0 unspecified atom stereocenters. The van der Waals surface area contributed by atoms with E-state index < -0.39 is 42.3 Å². The number of rotatable bonds is 14. The van der Waals surface area contributed by atoms with Gasteiger partial charge in [0.15, 0.2) is 6.23 Å². The number of nitrogens with zero attached hydrogens (tertiary/aromatic N) is 1. The number of carbonyl (C=O) groups is 2. The summed E-state index contributed by atoms with van der Waals surface area (Å²) in [5.74, 6) is -1.27. The number of ketones is 1. The molecular weight excluding hydrogens is 630 g/mol. The van der Waals surface area contributed by atoms with Gasteiger partial charge < -0.3 is 23.7 Å². The third kappa shape index (κ3) is 7.75. The molecule has 0 aliphatic carbocycles. The van der Waals surface area contributed by atoms with Gasteiger partial charge in [-0.3, -0.25) is 14.5 Å². The SMILES string of the molecule is O=C1C(=O)N([C@@H]2O[C@H](COCc3ccccc3)[C@@H](OCc3ccccc3)[C@H](OCc3ccccc3)[C@H]2OCc2ccccc2)c2ccccc21. The highest BCUT2D eigenvalue weighted by Gasteiger charge is 2.54. The number of ether oxygens (including phenoxy) is 5. The van der Waals surface area contributed by atoms with Crippen molar-refractivity contribution >= 4 is 17.4 Å². The van der Waals surface area contributed by atoms with Gasteiger partial charge in [0, 0.05) is 0 Å². The van der Waals surface area contributed by atoms with E-state index in [0.717, 1.165) is 22.3 Å². The molecule has 254 valence electrons. The lowest BCUT2D eigenvalue weighted by Gasteiger charge is -2.48. The van der Waals surface area contributed by atoms with Crippen LogP contribution < -0.4 is 4.90 Å². The van der Waals surface area contributed by atoms with E-state index >= 15 is 0 Å². The second-order valence-corrected chi connectivity index (χ2v) is 12.4. The van der Waals surface area contributed by atoms with E-state index in [1.807, 2.05) is 121 Å². The molecule has 0 bridgehead atoms. The van der Waals surface area contributed by atoms with Gasteiger partial charge in [-0.15, -0.1) is 0 Å². The molecule has 0 aromatic heterocycles. The highest BCUT2D eigenvalue weighted by Crippen LogP contribution is 2.38. The number of para-hydroxylation sites is 1. The van der Waals surface area contributed by atoms with E-state index in [9.17, 15) is 9.59 Å². The minimum absolute atomic E-state index is 0.138. The molecule has 50 heavy (non-hydrogen) atoms. The van der Waals surface area contributed by atoms with Crippen molar-refractivity contribution in [3.63, 3.8) is 0 Å². The summed E-state index contributed by atoms with van der Waals surface area (Å²) in [5, 5.41) is 0. The summed E-state index contributed by atoms with van der Waals surface area (Å²) in [4.78, 5) is 28.5. The summed E-state index contributed by atoms with van der Waals surface area (Å²) in [5.41, 5.74) is 4.69. The molecule has 0 radical (unpaired) electrons. The number of Topliss-reactive ketones (excluding diaryl/α,β-unsaturated/α-hetero) is 1. The van der Waals surface area contributed by atoms with E-state index in [0.29, 0.717) is 17.9 Å². The zero-order chi connectivity index (χ0) is 34.1. The fourth-order valence-electron chi connectivity index (χ4n) is 6.44. The Labute approximate surface area is 292 Å². The number of fused-ring (bicyclic) bond motifs is 1. The molecule has 5 aromatic carbocycles. The fourth-order valence-corrected chi connectivity index (χ4v) is 6.44. The normalized spacial score (nSPS) is 21.7. The van der Waals surface area contributed by atoms with Gasteiger partial charge in [0.2, 0.25) is 0 Å². The Balaban J connectivity index is 1.27. The van der Waals surface area contributed by atoms with Gasteiger partial charge in [-0.1, -0.05) is 133 Å². The fraction of sp³-hybridized carbons (Fsp3) is 0.238. The molecule has 2 heterocycles. The maximum Gasteiger partial charge on any atom is 0.301 e. The lowest BCUT2D eigenvalue weighted by atomic mass is 9.96. The second-order valence-electron chi connectivity index (χ2n) is 12.4. The van der Waals surface area contributed by atoms with Crippen LogP contribution in [-0.2, 0) is 54.9 Å². The summed E-state index contributed by atoms with van der Waals surface area (Å²) >= 11 is 0. The minimum Gasteiger partial charge on any atom is -0.374 e. The van der Waals surface area contributed by atoms with E-state index in [-0.39, 0.29) is 26.4 Å². The van der Waals surface area contributed by atoms with Gasteiger partial charge >= 0.3 is 5.91 Å². The summed E-state index contributed by atoms with van der Waals surface area (Å²) in [6.45, 7) is 1.25. The first kappa shape index (κ1) is 33.5. The number of amides is 1. The van der Waals surface area contributed by atoms with Crippen LogP contribution in [0, 0.1) is 0 Å². The van der Waals surface area contributed by atoms with Crippen molar-refractivity contribution in [2.75, 3.05) is 11.5 Å². The number of anilines is 1. The van der Waals surface area contributed by atoms with Crippen molar-refractivity contribution in [3.05, 3.63) is 173 Å². The molecule has 0 spiro atoms. The van der Waals surface area contributed by atoms with Crippen LogP contribution >= 0.6 is 0 Å². The number of benzene rings is 5. The van der Waals surface area contributed by atoms with E-state index in [4.69, 9.17) is 23.7 Å². The molecule has 5 aromatic rings. The number of hydrogen-bond acceptors (Lipinski definition) is 7. The van der Waals surface area contributed by atoms with Gasteiger partial charge in [0.1, 0.15) is 24.4 Å².